The molecule has 0 radical (unpaired) electrons. The average Bonchev–Trinajstić information content (AvgIpc) is 2.30. The van der Waals surface area contributed by atoms with Crippen LogP contribution in [0, 0.1) is 0 Å². The van der Waals surface area contributed by atoms with Crippen molar-refractivity contribution in [3.63, 3.8) is 0 Å². The van der Waals surface area contributed by atoms with E-state index in [-0.39, 0.29) is 0 Å². The van der Waals surface area contributed by atoms with E-state index in [4.69, 9.17) is 0 Å². The molecule has 0 unspecified atom stereocenters. The Balaban J connectivity index is 1.96. The van der Waals surface area contributed by atoms with Crippen LogP contribution in [0.4, 0.5) is 0 Å². The first-order valence-corrected chi connectivity index (χ1v) is 5.92. The Morgan fingerprint density at radius 2 is 1.20 bits per heavy atom. The molecule has 0 aliphatic carbocycles. The van der Waals surface area contributed by atoms with Crippen LogP contribution in [0.1, 0.15) is 11.1 Å². The zero-order valence-electron chi connectivity index (χ0n) is 8.49. The molecule has 0 heterocycles. The third kappa shape index (κ3) is 3.21. The molecule has 2 aromatic rings. The van der Waals surface area contributed by atoms with Gasteiger partial charge < -0.3 is 0 Å². The maximum absolute atomic E-state index is 3.44. The second-order valence-electron chi connectivity index (χ2n) is 3.61. The van der Waals surface area contributed by atoms with E-state index in [1.807, 2.05) is 0 Å². The normalized spacial score (nSPS) is 10.2. The highest BCUT2D eigenvalue weighted by molar-refractivity contribution is 9.10. The second-order valence-corrected chi connectivity index (χ2v) is 4.53. The van der Waals surface area contributed by atoms with Gasteiger partial charge in [0.1, 0.15) is 0 Å². The van der Waals surface area contributed by atoms with Gasteiger partial charge in [0, 0.05) is 4.47 Å². The van der Waals surface area contributed by atoms with Gasteiger partial charge in [0.05, 0.1) is 0 Å². The summed E-state index contributed by atoms with van der Waals surface area (Å²) >= 11 is 3.44. The molecular weight excluding hydrogens is 248 g/mol. The van der Waals surface area contributed by atoms with Crippen LogP contribution >= 0.6 is 15.9 Å². The van der Waals surface area contributed by atoms with Crippen LogP contribution in [0.5, 0.6) is 0 Å². The molecule has 0 atom stereocenters. The second kappa shape index (κ2) is 5.13. The van der Waals surface area contributed by atoms with Crippen LogP contribution in [0.2, 0.25) is 0 Å². The smallest absolute Gasteiger partial charge is 0.0175 e. The lowest BCUT2D eigenvalue weighted by molar-refractivity contribution is 0.960. The van der Waals surface area contributed by atoms with Gasteiger partial charge >= 0.3 is 0 Å². The molecule has 15 heavy (non-hydrogen) atoms. The summed E-state index contributed by atoms with van der Waals surface area (Å²) < 4.78 is 1.14. The highest BCUT2D eigenvalue weighted by Gasteiger charge is 1.95. The van der Waals surface area contributed by atoms with Crippen molar-refractivity contribution in [1.29, 1.82) is 0 Å². The van der Waals surface area contributed by atoms with Crippen LogP contribution < -0.4 is 0 Å². The highest BCUT2D eigenvalue weighted by atomic mass is 79.9. The first-order chi connectivity index (χ1) is 7.34. The van der Waals surface area contributed by atoms with Crippen molar-refractivity contribution in [1.82, 2.24) is 0 Å². The lowest BCUT2D eigenvalue weighted by Crippen LogP contribution is -1.90. The minimum absolute atomic E-state index is 1.11. The largest absolute Gasteiger partial charge is 0.0622 e. The lowest BCUT2D eigenvalue weighted by Gasteiger charge is -2.01. The van der Waals surface area contributed by atoms with Crippen LogP contribution in [-0.2, 0) is 12.8 Å². The monoisotopic (exact) mass is 260 g/mol. The number of rotatable bonds is 3. The van der Waals surface area contributed by atoms with Gasteiger partial charge in [0.2, 0.25) is 0 Å². The molecule has 2 aromatic carbocycles. The molecule has 0 aromatic heterocycles. The highest BCUT2D eigenvalue weighted by Crippen LogP contribution is 2.12. The van der Waals surface area contributed by atoms with Gasteiger partial charge in [0.15, 0.2) is 0 Å². The van der Waals surface area contributed by atoms with Gasteiger partial charge in [-0.05, 0) is 36.1 Å². The molecule has 76 valence electrons. The fourth-order valence-electron chi connectivity index (χ4n) is 1.58. The minimum atomic E-state index is 1.11. The summed E-state index contributed by atoms with van der Waals surface area (Å²) in [5.41, 5.74) is 2.79. The summed E-state index contributed by atoms with van der Waals surface area (Å²) in [5, 5.41) is 0. The summed E-state index contributed by atoms with van der Waals surface area (Å²) in [6.45, 7) is 0. The van der Waals surface area contributed by atoms with Crippen LogP contribution in [0.3, 0.4) is 0 Å². The van der Waals surface area contributed by atoms with E-state index in [2.05, 4.69) is 70.5 Å². The third-order valence-electron chi connectivity index (χ3n) is 2.46. The van der Waals surface area contributed by atoms with E-state index in [1.165, 1.54) is 11.1 Å². The Kier molecular flexibility index (Phi) is 3.57. The molecule has 0 aliphatic rings. The molecule has 0 spiro atoms. The first-order valence-electron chi connectivity index (χ1n) is 5.13. The van der Waals surface area contributed by atoms with Crippen molar-refractivity contribution in [3.8, 4) is 0 Å². The molecule has 1 heteroatoms. The van der Waals surface area contributed by atoms with E-state index in [0.717, 1.165) is 17.3 Å². The average molecular weight is 261 g/mol. The molecular formula is C14H13Br. The van der Waals surface area contributed by atoms with Crippen molar-refractivity contribution in [2.75, 3.05) is 0 Å². The Morgan fingerprint density at radius 1 is 0.667 bits per heavy atom. The van der Waals surface area contributed by atoms with Gasteiger partial charge in [-0.2, -0.15) is 0 Å². The predicted molar refractivity (Wildman–Crippen MR) is 68.0 cm³/mol. The maximum atomic E-state index is 3.44. The predicted octanol–water partition coefficient (Wildman–Crippen LogP) is 4.23. The summed E-state index contributed by atoms with van der Waals surface area (Å²) in [6, 6.07) is 19.1. The molecule has 0 N–H and O–H groups in total. The summed E-state index contributed by atoms with van der Waals surface area (Å²) in [6.07, 6.45) is 2.22. The molecule has 2 rings (SSSR count). The Hall–Kier alpha value is -1.08. The van der Waals surface area contributed by atoms with Crippen LogP contribution in [0.15, 0.2) is 59.1 Å². The fraction of sp³-hybridized carbons (Fsp3) is 0.143. The number of aryl methyl sites for hydroxylation is 2. The Bertz CT molecular complexity index is 403. The van der Waals surface area contributed by atoms with Gasteiger partial charge in [0.25, 0.3) is 0 Å². The van der Waals surface area contributed by atoms with Crippen LogP contribution in [0.25, 0.3) is 0 Å². The van der Waals surface area contributed by atoms with Gasteiger partial charge in [-0.1, -0.05) is 58.4 Å². The van der Waals surface area contributed by atoms with Crippen molar-refractivity contribution in [2.45, 2.75) is 12.8 Å². The Labute approximate surface area is 99.1 Å². The van der Waals surface area contributed by atoms with Crippen LogP contribution in [-0.4, -0.2) is 0 Å². The molecule has 0 nitrogen and oxygen atoms in total. The molecule has 0 fully saturated rings. The summed E-state index contributed by atoms with van der Waals surface area (Å²) in [4.78, 5) is 0. The summed E-state index contributed by atoms with van der Waals surface area (Å²) in [7, 11) is 0. The van der Waals surface area contributed by atoms with Gasteiger partial charge in [-0.3, -0.25) is 0 Å². The number of hydrogen-bond donors (Lipinski definition) is 0. The molecule has 0 bridgehead atoms. The third-order valence-corrected chi connectivity index (χ3v) is 2.99. The fourth-order valence-corrected chi connectivity index (χ4v) is 1.85. The van der Waals surface area contributed by atoms with E-state index < -0.39 is 0 Å². The molecule has 0 saturated heterocycles. The topological polar surface area (TPSA) is 0 Å². The molecule has 0 aliphatic heterocycles. The van der Waals surface area contributed by atoms with E-state index in [9.17, 15) is 0 Å². The van der Waals surface area contributed by atoms with Crippen molar-refractivity contribution in [2.24, 2.45) is 0 Å². The first kappa shape index (κ1) is 10.4. The van der Waals surface area contributed by atoms with Crippen molar-refractivity contribution < 1.29 is 0 Å². The number of halogens is 1. The van der Waals surface area contributed by atoms with E-state index in [0.29, 0.717) is 0 Å². The lowest BCUT2D eigenvalue weighted by atomic mass is 10.0. The SMILES string of the molecule is Brc1ccc(CCc2ccccc2)cc1. The van der Waals surface area contributed by atoms with Gasteiger partial charge in [-0.15, -0.1) is 0 Å². The maximum Gasteiger partial charge on any atom is 0.0175 e. The quantitative estimate of drug-likeness (QED) is 0.775. The number of hydrogen-bond acceptors (Lipinski definition) is 0. The van der Waals surface area contributed by atoms with E-state index in [1.54, 1.807) is 0 Å². The molecule has 0 saturated carbocycles. The summed E-state index contributed by atoms with van der Waals surface area (Å²) in [5.74, 6) is 0. The number of benzene rings is 2. The standard InChI is InChI=1S/C14H13Br/c15-14-10-8-13(9-11-14)7-6-12-4-2-1-3-5-12/h1-5,8-11H,6-7H2. The van der Waals surface area contributed by atoms with Crippen molar-refractivity contribution in [3.05, 3.63) is 70.2 Å². The Morgan fingerprint density at radius 3 is 1.80 bits per heavy atom. The zero-order chi connectivity index (χ0) is 10.5. The zero-order valence-corrected chi connectivity index (χ0v) is 10.1. The van der Waals surface area contributed by atoms with Crippen molar-refractivity contribution >= 4 is 15.9 Å². The molecule has 0 amide bonds. The minimum Gasteiger partial charge on any atom is -0.0622 e. The van der Waals surface area contributed by atoms with E-state index >= 15 is 0 Å². The van der Waals surface area contributed by atoms with Gasteiger partial charge in [-0.25, -0.2) is 0 Å².